The normalized spacial score (nSPS) is 19.7. The topological polar surface area (TPSA) is 0 Å². The maximum absolute atomic E-state index is 2.79. The third kappa shape index (κ3) is 6.75. The predicted molar refractivity (Wildman–Crippen MR) is 110 cm³/mol. The molecule has 0 saturated carbocycles. The third-order valence-corrected chi connectivity index (χ3v) is 22.8. The zero-order chi connectivity index (χ0) is 17.3. The van der Waals surface area contributed by atoms with Crippen LogP contribution in [0, 0.1) is 11.3 Å². The Morgan fingerprint density at radius 1 is 0.913 bits per heavy atom. The number of hydrogen-bond donors (Lipinski definition) is 0. The summed E-state index contributed by atoms with van der Waals surface area (Å²) in [5, 5.41) is 0. The fraction of sp³-hybridized carbons (Fsp3) is 0.909. The van der Waals surface area contributed by atoms with E-state index in [1.807, 2.05) is 0 Å². The van der Waals surface area contributed by atoms with Crippen LogP contribution in [0.25, 0.3) is 0 Å². The second-order valence-corrected chi connectivity index (χ2v) is 22.6. The Bertz CT molecular complexity index is 326. The van der Waals surface area contributed by atoms with Gasteiger partial charge in [-0.2, -0.15) is 0 Å². The summed E-state index contributed by atoms with van der Waals surface area (Å²) < 4.78 is 7.01. The van der Waals surface area contributed by atoms with Crippen LogP contribution < -0.4 is 0 Å². The van der Waals surface area contributed by atoms with Crippen LogP contribution in [-0.4, -0.2) is 18.4 Å². The summed E-state index contributed by atoms with van der Waals surface area (Å²) in [5.74, 6) is 0.916. The molecule has 0 aromatic heterocycles. The predicted octanol–water partition coefficient (Wildman–Crippen LogP) is 8.15. The fourth-order valence-corrected chi connectivity index (χ4v) is 21.7. The molecule has 0 amide bonds. The van der Waals surface area contributed by atoms with Crippen LogP contribution in [0.2, 0.25) is 13.3 Å². The van der Waals surface area contributed by atoms with Gasteiger partial charge in [0.15, 0.2) is 0 Å². The molecule has 0 nitrogen and oxygen atoms in total. The van der Waals surface area contributed by atoms with Gasteiger partial charge in [-0.15, -0.1) is 0 Å². The standard InChI is InChI=1S/C10H17.3C4H9.Sn/c1-10(2,3)9-7-5-4-6-8-9;3*1-3-4-2;/h5,9H,6-8H2,1-3H3;3*1,3-4H2,2H3;. The summed E-state index contributed by atoms with van der Waals surface area (Å²) in [6.07, 6.45) is 15.8. The van der Waals surface area contributed by atoms with Crippen molar-refractivity contribution in [2.45, 2.75) is 113 Å². The Hall–Kier alpha value is 0.539. The van der Waals surface area contributed by atoms with Crippen molar-refractivity contribution in [1.82, 2.24) is 0 Å². The van der Waals surface area contributed by atoms with E-state index < -0.39 is 18.4 Å². The first-order valence-electron chi connectivity index (χ1n) is 10.6. The number of hydrogen-bond acceptors (Lipinski definition) is 0. The van der Waals surface area contributed by atoms with Crippen LogP contribution in [0.4, 0.5) is 0 Å². The molecule has 1 unspecified atom stereocenters. The number of unbranched alkanes of at least 4 members (excludes halogenated alkanes) is 3. The molecule has 136 valence electrons. The molecule has 0 aromatic rings. The van der Waals surface area contributed by atoms with Crippen LogP contribution in [0.5, 0.6) is 0 Å². The first kappa shape index (κ1) is 21.6. The molecule has 23 heavy (non-hydrogen) atoms. The minimum absolute atomic E-state index is 0.496. The van der Waals surface area contributed by atoms with E-state index in [0.717, 1.165) is 5.92 Å². The average Bonchev–Trinajstić information content (AvgIpc) is 2.54. The summed E-state index contributed by atoms with van der Waals surface area (Å²) in [6.45, 7) is 14.5. The van der Waals surface area contributed by atoms with E-state index in [9.17, 15) is 0 Å². The third-order valence-electron chi connectivity index (χ3n) is 6.34. The van der Waals surface area contributed by atoms with E-state index in [0.29, 0.717) is 5.41 Å². The van der Waals surface area contributed by atoms with Crippen LogP contribution in [0.15, 0.2) is 9.67 Å². The van der Waals surface area contributed by atoms with E-state index in [2.05, 4.69) is 51.2 Å². The molecule has 1 aliphatic carbocycles. The Morgan fingerprint density at radius 3 is 1.70 bits per heavy atom. The molecule has 0 N–H and O–H groups in total. The molecule has 1 atom stereocenters. The molecule has 0 radical (unpaired) electrons. The van der Waals surface area contributed by atoms with Crippen molar-refractivity contribution in [3.63, 3.8) is 0 Å². The molecule has 0 spiro atoms. The van der Waals surface area contributed by atoms with Crippen molar-refractivity contribution in [2.24, 2.45) is 11.3 Å². The van der Waals surface area contributed by atoms with E-state index in [1.165, 1.54) is 57.8 Å². The van der Waals surface area contributed by atoms with Crippen molar-refractivity contribution in [3.05, 3.63) is 9.67 Å². The van der Waals surface area contributed by atoms with Gasteiger partial charge < -0.3 is 0 Å². The van der Waals surface area contributed by atoms with Crippen molar-refractivity contribution < 1.29 is 0 Å². The average molecular weight is 427 g/mol. The van der Waals surface area contributed by atoms with Gasteiger partial charge in [0.05, 0.1) is 0 Å². The molecule has 0 fully saturated rings. The molecule has 0 aliphatic heterocycles. The van der Waals surface area contributed by atoms with E-state index in [4.69, 9.17) is 0 Å². The SMILES string of the molecule is CCC[CH2][Sn]([CH2]CCC)([CH2]CCC)[C]1=CCC(C(C)(C)C)CC1. The van der Waals surface area contributed by atoms with Crippen molar-refractivity contribution in [1.29, 1.82) is 0 Å². The summed E-state index contributed by atoms with van der Waals surface area (Å²) in [4.78, 5) is 0. The van der Waals surface area contributed by atoms with E-state index in [-0.39, 0.29) is 0 Å². The van der Waals surface area contributed by atoms with Gasteiger partial charge in [-0.1, -0.05) is 0 Å². The molecule has 0 aromatic carbocycles. The van der Waals surface area contributed by atoms with Gasteiger partial charge in [-0.3, -0.25) is 0 Å². The number of allylic oxidation sites excluding steroid dienone is 2. The summed E-state index contributed by atoms with van der Waals surface area (Å²) in [5.41, 5.74) is 0.496. The van der Waals surface area contributed by atoms with Crippen LogP contribution >= 0.6 is 0 Å². The Balaban J connectivity index is 2.94. The maximum atomic E-state index is 2.79. The fourth-order valence-electron chi connectivity index (χ4n) is 4.50. The molecule has 0 bridgehead atoms. The van der Waals surface area contributed by atoms with E-state index in [1.54, 1.807) is 13.3 Å². The first-order chi connectivity index (χ1) is 10.9. The Morgan fingerprint density at radius 2 is 1.39 bits per heavy atom. The zero-order valence-electron chi connectivity index (χ0n) is 17.1. The van der Waals surface area contributed by atoms with E-state index >= 15 is 0 Å². The van der Waals surface area contributed by atoms with Gasteiger partial charge >= 0.3 is 152 Å². The summed E-state index contributed by atoms with van der Waals surface area (Å²) in [6, 6.07) is 0. The van der Waals surface area contributed by atoms with Gasteiger partial charge in [0.25, 0.3) is 0 Å². The number of rotatable bonds is 10. The van der Waals surface area contributed by atoms with Gasteiger partial charge in [0.1, 0.15) is 0 Å². The van der Waals surface area contributed by atoms with Crippen LogP contribution in [-0.2, 0) is 0 Å². The molecule has 1 heteroatoms. The van der Waals surface area contributed by atoms with Gasteiger partial charge in [0.2, 0.25) is 0 Å². The zero-order valence-corrected chi connectivity index (χ0v) is 20.0. The second-order valence-electron chi connectivity index (χ2n) is 9.16. The minimum atomic E-state index is -2.07. The Kier molecular flexibility index (Phi) is 9.86. The van der Waals surface area contributed by atoms with Gasteiger partial charge in [0, 0.05) is 0 Å². The summed E-state index contributed by atoms with van der Waals surface area (Å²) >= 11 is -2.07. The van der Waals surface area contributed by atoms with Crippen molar-refractivity contribution in [2.75, 3.05) is 0 Å². The van der Waals surface area contributed by atoms with Crippen molar-refractivity contribution >= 4 is 18.4 Å². The Labute approximate surface area is 151 Å². The monoisotopic (exact) mass is 428 g/mol. The molecule has 1 rings (SSSR count). The van der Waals surface area contributed by atoms with Crippen LogP contribution in [0.1, 0.15) is 99.3 Å². The molecule has 0 heterocycles. The first-order valence-corrected chi connectivity index (χ1v) is 18.1. The molecule has 0 saturated heterocycles. The van der Waals surface area contributed by atoms with Gasteiger partial charge in [-0.25, -0.2) is 0 Å². The summed E-state index contributed by atoms with van der Waals surface area (Å²) in [7, 11) is 0. The van der Waals surface area contributed by atoms with Crippen molar-refractivity contribution in [3.8, 4) is 0 Å². The molecule has 1 aliphatic rings. The van der Waals surface area contributed by atoms with Crippen LogP contribution in [0.3, 0.4) is 0 Å². The quantitative estimate of drug-likeness (QED) is 0.309. The second kappa shape index (κ2) is 10.5. The molecular weight excluding hydrogens is 383 g/mol. The van der Waals surface area contributed by atoms with Gasteiger partial charge in [-0.05, 0) is 0 Å². The molecular formula is C22H44Sn.